The molecule has 8 nitrogen and oxygen atoms in total. The summed E-state index contributed by atoms with van der Waals surface area (Å²) in [5.41, 5.74) is 1.73. The van der Waals surface area contributed by atoms with E-state index >= 15 is 0 Å². The highest BCUT2D eigenvalue weighted by Crippen LogP contribution is 2.26. The molecule has 1 amide bonds. The molecule has 1 atom stereocenters. The van der Waals surface area contributed by atoms with Gasteiger partial charge in [0.05, 0.1) is 0 Å². The number of ether oxygens (including phenoxy) is 1. The van der Waals surface area contributed by atoms with E-state index < -0.39 is 12.1 Å². The van der Waals surface area contributed by atoms with E-state index in [0.717, 1.165) is 11.3 Å². The van der Waals surface area contributed by atoms with Crippen LogP contribution < -0.4 is 15.4 Å². The highest BCUT2D eigenvalue weighted by molar-refractivity contribution is 5.94. The van der Waals surface area contributed by atoms with Crippen LogP contribution in [0.15, 0.2) is 36.4 Å². The number of rotatable bonds is 7. The Morgan fingerprint density at radius 2 is 2.15 bits per heavy atom. The third-order valence-corrected chi connectivity index (χ3v) is 3.90. The number of benzene rings is 1. The minimum Gasteiger partial charge on any atom is -0.491 e. The number of hydrogen-bond donors (Lipinski definition) is 4. The Morgan fingerprint density at radius 1 is 1.31 bits per heavy atom. The predicted octanol–water partition coefficient (Wildman–Crippen LogP) is 1.52. The van der Waals surface area contributed by atoms with E-state index in [1.54, 1.807) is 24.3 Å². The van der Waals surface area contributed by atoms with Crippen LogP contribution in [0.2, 0.25) is 0 Å². The number of fused-ring (bicyclic) bond motifs is 1. The molecule has 1 aliphatic rings. The van der Waals surface area contributed by atoms with Crippen LogP contribution in [0.1, 0.15) is 22.5 Å². The molecule has 8 heteroatoms. The maximum absolute atomic E-state index is 11.4. The minimum absolute atomic E-state index is 0.00763. The first-order valence-corrected chi connectivity index (χ1v) is 8.19. The van der Waals surface area contributed by atoms with Crippen molar-refractivity contribution in [3.63, 3.8) is 0 Å². The molecule has 2 aromatic rings. The summed E-state index contributed by atoms with van der Waals surface area (Å²) in [5, 5.41) is 24.6. The number of carbonyl (C=O) groups is 2. The van der Waals surface area contributed by atoms with Gasteiger partial charge in [-0.3, -0.25) is 4.79 Å². The zero-order valence-electron chi connectivity index (χ0n) is 13.9. The average molecular weight is 357 g/mol. The number of aliphatic hydroxyl groups is 1. The second kappa shape index (κ2) is 7.83. The Morgan fingerprint density at radius 3 is 2.96 bits per heavy atom. The lowest BCUT2D eigenvalue weighted by molar-refractivity contribution is -0.116. The first-order valence-electron chi connectivity index (χ1n) is 8.19. The number of aliphatic hydroxyl groups excluding tert-OH is 1. The number of aromatic nitrogens is 1. The Kier molecular flexibility index (Phi) is 5.33. The topological polar surface area (TPSA) is 121 Å². The molecule has 136 valence electrons. The van der Waals surface area contributed by atoms with E-state index in [1.165, 1.54) is 6.07 Å². The molecule has 3 rings (SSSR count). The average Bonchev–Trinajstić information content (AvgIpc) is 2.64. The summed E-state index contributed by atoms with van der Waals surface area (Å²) in [5.74, 6) is -0.118. The third-order valence-electron chi connectivity index (χ3n) is 3.90. The molecule has 0 radical (unpaired) electrons. The first kappa shape index (κ1) is 17.7. The van der Waals surface area contributed by atoms with Gasteiger partial charge in [-0.05, 0) is 42.3 Å². The summed E-state index contributed by atoms with van der Waals surface area (Å²) in [4.78, 5) is 26.2. The van der Waals surface area contributed by atoms with Crippen molar-refractivity contribution in [2.45, 2.75) is 18.9 Å². The quantitative estimate of drug-likeness (QED) is 0.593. The Hall–Kier alpha value is -3.13. The SMILES string of the molecule is O=C1CCc2cc(OCC(O)CNc3cccc(C(=O)O)n3)ccc2N1. The summed E-state index contributed by atoms with van der Waals surface area (Å²) in [7, 11) is 0. The highest BCUT2D eigenvalue weighted by Gasteiger charge is 2.15. The van der Waals surface area contributed by atoms with Crippen molar-refractivity contribution in [3.05, 3.63) is 47.7 Å². The van der Waals surface area contributed by atoms with E-state index in [-0.39, 0.29) is 24.8 Å². The van der Waals surface area contributed by atoms with E-state index in [2.05, 4.69) is 15.6 Å². The molecule has 0 saturated carbocycles. The largest absolute Gasteiger partial charge is 0.491 e. The van der Waals surface area contributed by atoms with Crippen LogP contribution in [0.3, 0.4) is 0 Å². The normalized spacial score (nSPS) is 14.1. The molecule has 0 saturated heterocycles. The van der Waals surface area contributed by atoms with Gasteiger partial charge in [-0.15, -0.1) is 0 Å². The summed E-state index contributed by atoms with van der Waals surface area (Å²) in [6.07, 6.45) is 0.306. The number of anilines is 2. The molecule has 1 unspecified atom stereocenters. The van der Waals surface area contributed by atoms with Crippen LogP contribution in [0.5, 0.6) is 5.75 Å². The minimum atomic E-state index is -1.11. The number of nitrogens with zero attached hydrogens (tertiary/aromatic N) is 1. The van der Waals surface area contributed by atoms with Crippen molar-refractivity contribution in [1.82, 2.24) is 4.98 Å². The van der Waals surface area contributed by atoms with Crippen molar-refractivity contribution in [3.8, 4) is 5.75 Å². The van der Waals surface area contributed by atoms with Crippen molar-refractivity contribution in [2.75, 3.05) is 23.8 Å². The third kappa shape index (κ3) is 4.48. The van der Waals surface area contributed by atoms with Crippen LogP contribution in [0.4, 0.5) is 11.5 Å². The van der Waals surface area contributed by atoms with Crippen molar-refractivity contribution >= 4 is 23.4 Å². The summed E-state index contributed by atoms with van der Waals surface area (Å²) < 4.78 is 5.59. The second-order valence-electron chi connectivity index (χ2n) is 5.93. The van der Waals surface area contributed by atoms with Gasteiger partial charge in [0.2, 0.25) is 5.91 Å². The van der Waals surface area contributed by atoms with Gasteiger partial charge in [0.25, 0.3) is 0 Å². The standard InChI is InChI=1S/C18H19N3O5/c22-12(9-19-16-3-1-2-15(20-16)18(24)25)10-26-13-5-6-14-11(8-13)4-7-17(23)21-14/h1-3,5-6,8,12,22H,4,7,9-10H2,(H,19,20)(H,21,23)(H,24,25). The van der Waals surface area contributed by atoms with Gasteiger partial charge in [-0.2, -0.15) is 0 Å². The zero-order chi connectivity index (χ0) is 18.5. The van der Waals surface area contributed by atoms with E-state index in [1.807, 2.05) is 6.07 Å². The molecule has 0 bridgehead atoms. The van der Waals surface area contributed by atoms with E-state index in [9.17, 15) is 14.7 Å². The molecule has 1 aromatic carbocycles. The fourth-order valence-corrected chi connectivity index (χ4v) is 2.58. The monoisotopic (exact) mass is 357 g/mol. The van der Waals surface area contributed by atoms with Crippen molar-refractivity contribution in [1.29, 1.82) is 0 Å². The number of aromatic carboxylic acids is 1. The fourth-order valence-electron chi connectivity index (χ4n) is 2.58. The van der Waals surface area contributed by atoms with Gasteiger partial charge in [0.15, 0.2) is 5.69 Å². The van der Waals surface area contributed by atoms with Gasteiger partial charge in [0.1, 0.15) is 24.3 Å². The van der Waals surface area contributed by atoms with Gasteiger partial charge < -0.3 is 25.6 Å². The maximum Gasteiger partial charge on any atom is 0.354 e. The van der Waals surface area contributed by atoms with Gasteiger partial charge in [0, 0.05) is 18.7 Å². The van der Waals surface area contributed by atoms with E-state index in [4.69, 9.17) is 9.84 Å². The Labute approximate surface area is 149 Å². The van der Waals surface area contributed by atoms with E-state index in [0.29, 0.717) is 24.4 Å². The zero-order valence-corrected chi connectivity index (χ0v) is 13.9. The molecule has 26 heavy (non-hydrogen) atoms. The molecule has 0 aliphatic carbocycles. The van der Waals surface area contributed by atoms with Gasteiger partial charge in [-0.25, -0.2) is 9.78 Å². The molecule has 0 spiro atoms. The molecule has 0 fully saturated rings. The molecular formula is C18H19N3O5. The van der Waals surface area contributed by atoms with Crippen LogP contribution in [0.25, 0.3) is 0 Å². The van der Waals surface area contributed by atoms with Gasteiger partial charge in [-0.1, -0.05) is 6.07 Å². The maximum atomic E-state index is 11.4. The number of aryl methyl sites for hydroxylation is 1. The van der Waals surface area contributed by atoms with Crippen LogP contribution in [0, 0.1) is 0 Å². The summed E-state index contributed by atoms with van der Waals surface area (Å²) >= 11 is 0. The molecule has 4 N–H and O–H groups in total. The second-order valence-corrected chi connectivity index (χ2v) is 5.93. The first-order chi connectivity index (χ1) is 12.5. The predicted molar refractivity (Wildman–Crippen MR) is 94.6 cm³/mol. The lowest BCUT2D eigenvalue weighted by atomic mass is 10.0. The number of carbonyl (C=O) groups excluding carboxylic acids is 1. The number of amides is 1. The van der Waals surface area contributed by atoms with Crippen LogP contribution in [-0.4, -0.2) is 46.3 Å². The molecular weight excluding hydrogens is 338 g/mol. The fraction of sp³-hybridized carbons (Fsp3) is 0.278. The lowest BCUT2D eigenvalue weighted by Gasteiger charge is -2.18. The number of hydrogen-bond acceptors (Lipinski definition) is 6. The van der Waals surface area contributed by atoms with Gasteiger partial charge >= 0.3 is 5.97 Å². The molecule has 1 aliphatic heterocycles. The van der Waals surface area contributed by atoms with Crippen LogP contribution in [-0.2, 0) is 11.2 Å². The number of pyridine rings is 1. The highest BCUT2D eigenvalue weighted by atomic mass is 16.5. The molecule has 1 aromatic heterocycles. The summed E-state index contributed by atoms with van der Waals surface area (Å²) in [6.45, 7) is 0.230. The van der Waals surface area contributed by atoms with Crippen LogP contribution >= 0.6 is 0 Å². The number of carboxylic acids is 1. The van der Waals surface area contributed by atoms with Crippen molar-refractivity contribution < 1.29 is 24.5 Å². The number of carboxylic acid groups (broad SMARTS) is 1. The summed E-state index contributed by atoms with van der Waals surface area (Å²) in [6, 6.07) is 9.97. The molecule has 2 heterocycles. The lowest BCUT2D eigenvalue weighted by Crippen LogP contribution is -2.27. The Balaban J connectivity index is 1.50. The smallest absolute Gasteiger partial charge is 0.354 e. The number of nitrogens with one attached hydrogen (secondary N) is 2. The van der Waals surface area contributed by atoms with Crippen molar-refractivity contribution in [2.24, 2.45) is 0 Å². The Bertz CT molecular complexity index is 824.